The topological polar surface area (TPSA) is 93.8 Å². The Labute approximate surface area is 179 Å². The molecule has 0 aromatic heterocycles. The molecule has 0 heterocycles. The van der Waals surface area contributed by atoms with Crippen LogP contribution in [0.1, 0.15) is 21.5 Å². The zero-order valence-electron chi connectivity index (χ0n) is 16.3. The number of anilines is 1. The molecular weight excluding hydrogens is 402 g/mol. The first-order valence-corrected chi connectivity index (χ1v) is 9.54. The lowest BCUT2D eigenvalue weighted by atomic mass is 10.1. The van der Waals surface area contributed by atoms with Gasteiger partial charge < -0.3 is 15.9 Å². The molecule has 0 radical (unpaired) electrons. The van der Waals surface area contributed by atoms with Crippen LogP contribution in [-0.4, -0.2) is 24.0 Å². The number of carbonyl (C=O) groups is 2. The Morgan fingerprint density at radius 1 is 0.967 bits per heavy atom. The molecule has 0 amide bonds. The molecule has 30 heavy (non-hydrogen) atoms. The molecule has 6 nitrogen and oxygen atoms in total. The van der Waals surface area contributed by atoms with Gasteiger partial charge in [-0.2, -0.15) is 5.10 Å². The summed E-state index contributed by atoms with van der Waals surface area (Å²) in [5, 5.41) is 7.27. The van der Waals surface area contributed by atoms with E-state index in [2.05, 4.69) is 10.4 Å². The highest BCUT2D eigenvalue weighted by atomic mass is 35.5. The van der Waals surface area contributed by atoms with E-state index in [1.54, 1.807) is 48.5 Å². The van der Waals surface area contributed by atoms with Crippen LogP contribution in [0.4, 0.5) is 5.69 Å². The summed E-state index contributed by atoms with van der Waals surface area (Å²) in [6, 6.07) is 20.5. The van der Waals surface area contributed by atoms with E-state index < -0.39 is 5.97 Å². The van der Waals surface area contributed by atoms with Gasteiger partial charge >= 0.3 is 5.97 Å². The van der Waals surface area contributed by atoms with Crippen molar-refractivity contribution in [3.05, 3.63) is 94.5 Å². The van der Waals surface area contributed by atoms with Gasteiger partial charge in [0.2, 0.25) is 5.78 Å². The maximum Gasteiger partial charge on any atom is 0.343 e. The van der Waals surface area contributed by atoms with Crippen LogP contribution in [0.25, 0.3) is 0 Å². The van der Waals surface area contributed by atoms with E-state index in [0.717, 1.165) is 11.3 Å². The molecule has 3 rings (SSSR count). The molecule has 0 unspecified atom stereocenters. The number of nitrogens with two attached hydrogens (primary N) is 1. The van der Waals surface area contributed by atoms with Gasteiger partial charge in [-0.1, -0.05) is 29.8 Å². The van der Waals surface area contributed by atoms with Crippen molar-refractivity contribution < 1.29 is 14.3 Å². The molecule has 0 atom stereocenters. The molecule has 3 N–H and O–H groups in total. The summed E-state index contributed by atoms with van der Waals surface area (Å²) in [5.74, 6) is 5.02. The number of halogens is 1. The first-order chi connectivity index (χ1) is 14.5. The van der Waals surface area contributed by atoms with Gasteiger partial charge in [0.25, 0.3) is 0 Å². The van der Waals surface area contributed by atoms with Crippen molar-refractivity contribution in [3.63, 3.8) is 0 Å². The van der Waals surface area contributed by atoms with E-state index in [0.29, 0.717) is 21.9 Å². The minimum absolute atomic E-state index is 0.0498. The fourth-order valence-electron chi connectivity index (χ4n) is 2.77. The standard InChI is InChI=1S/C23H20ClN3O3/c1-15-4-2-3-5-20(15)26-14-21(28)22(27-25)16-8-12-19(13-9-16)30-23(29)17-6-10-18(24)11-7-17/h2-13,26H,14,25H2,1H3/b27-22+. The predicted molar refractivity (Wildman–Crippen MR) is 118 cm³/mol. The first-order valence-electron chi connectivity index (χ1n) is 9.16. The van der Waals surface area contributed by atoms with Crippen molar-refractivity contribution in [2.45, 2.75) is 6.92 Å². The van der Waals surface area contributed by atoms with Crippen molar-refractivity contribution in [2.75, 3.05) is 11.9 Å². The monoisotopic (exact) mass is 421 g/mol. The summed E-state index contributed by atoms with van der Waals surface area (Å²) < 4.78 is 5.34. The Morgan fingerprint density at radius 2 is 1.60 bits per heavy atom. The number of Topliss-reactive ketones (excluding diaryl/α,β-unsaturated/α-hetero) is 1. The molecule has 7 heteroatoms. The van der Waals surface area contributed by atoms with Crippen LogP contribution in [0.3, 0.4) is 0 Å². The highest BCUT2D eigenvalue weighted by Gasteiger charge is 2.15. The van der Waals surface area contributed by atoms with Gasteiger partial charge in [0.05, 0.1) is 12.1 Å². The highest BCUT2D eigenvalue weighted by Crippen LogP contribution is 2.17. The van der Waals surface area contributed by atoms with Gasteiger partial charge in [0, 0.05) is 16.3 Å². The van der Waals surface area contributed by atoms with Gasteiger partial charge in [0.15, 0.2) is 0 Å². The number of ether oxygens (including phenoxy) is 1. The van der Waals surface area contributed by atoms with Gasteiger partial charge in [-0.05, 0) is 67.1 Å². The van der Waals surface area contributed by atoms with Crippen molar-refractivity contribution in [3.8, 4) is 5.75 Å². The van der Waals surface area contributed by atoms with Crippen LogP contribution >= 0.6 is 11.6 Å². The summed E-state index contributed by atoms with van der Waals surface area (Å²) in [4.78, 5) is 24.7. The molecule has 3 aromatic rings. The van der Waals surface area contributed by atoms with Crippen LogP contribution in [0, 0.1) is 6.92 Å². The number of rotatable bonds is 7. The second kappa shape index (κ2) is 9.71. The first kappa shape index (κ1) is 21.1. The number of ketones is 1. The number of hydrogen-bond acceptors (Lipinski definition) is 6. The maximum absolute atomic E-state index is 12.6. The Kier molecular flexibility index (Phi) is 6.83. The fourth-order valence-corrected chi connectivity index (χ4v) is 2.90. The maximum atomic E-state index is 12.6. The third-order valence-electron chi connectivity index (χ3n) is 4.40. The van der Waals surface area contributed by atoms with E-state index in [-0.39, 0.29) is 18.0 Å². The molecule has 0 aliphatic carbocycles. The number of aryl methyl sites for hydroxylation is 1. The lowest BCUT2D eigenvalue weighted by Gasteiger charge is -2.10. The molecule has 0 aliphatic heterocycles. The van der Waals surface area contributed by atoms with E-state index in [9.17, 15) is 9.59 Å². The lowest BCUT2D eigenvalue weighted by molar-refractivity contribution is -0.111. The summed E-state index contributed by atoms with van der Waals surface area (Å²) in [7, 11) is 0. The minimum Gasteiger partial charge on any atom is -0.423 e. The normalized spacial score (nSPS) is 11.1. The molecule has 0 aliphatic rings. The number of carbonyl (C=O) groups excluding carboxylic acids is 2. The van der Waals surface area contributed by atoms with Gasteiger partial charge in [-0.25, -0.2) is 4.79 Å². The molecule has 0 fully saturated rings. The summed E-state index contributed by atoms with van der Waals surface area (Å²) in [6.07, 6.45) is 0. The van der Waals surface area contributed by atoms with Gasteiger partial charge in [-0.15, -0.1) is 0 Å². The van der Waals surface area contributed by atoms with Crippen molar-refractivity contribution in [2.24, 2.45) is 10.9 Å². The minimum atomic E-state index is -0.509. The average Bonchev–Trinajstić information content (AvgIpc) is 2.75. The summed E-state index contributed by atoms with van der Waals surface area (Å²) in [5.41, 5.74) is 2.94. The van der Waals surface area contributed by atoms with Gasteiger partial charge in [0.1, 0.15) is 11.5 Å². The lowest BCUT2D eigenvalue weighted by Crippen LogP contribution is -2.25. The Hall–Kier alpha value is -3.64. The second-order valence-corrected chi connectivity index (χ2v) is 6.93. The number of hydrazone groups is 1. The smallest absolute Gasteiger partial charge is 0.343 e. The van der Waals surface area contributed by atoms with Crippen molar-refractivity contribution in [1.82, 2.24) is 0 Å². The number of nitrogens with zero attached hydrogens (tertiary/aromatic N) is 1. The number of hydrogen-bond donors (Lipinski definition) is 2. The Bertz CT molecular complexity index is 1080. The molecule has 0 saturated carbocycles. The number of nitrogens with one attached hydrogen (secondary N) is 1. The zero-order valence-corrected chi connectivity index (χ0v) is 17.0. The number of para-hydroxylation sites is 1. The van der Waals surface area contributed by atoms with E-state index in [4.69, 9.17) is 22.2 Å². The van der Waals surface area contributed by atoms with E-state index in [1.165, 1.54) is 0 Å². The average molecular weight is 422 g/mol. The van der Waals surface area contributed by atoms with Crippen molar-refractivity contribution in [1.29, 1.82) is 0 Å². The Morgan fingerprint density at radius 3 is 2.23 bits per heavy atom. The van der Waals surface area contributed by atoms with Crippen LogP contribution in [0.5, 0.6) is 5.75 Å². The van der Waals surface area contributed by atoms with Crippen LogP contribution in [0.2, 0.25) is 5.02 Å². The number of esters is 1. The zero-order chi connectivity index (χ0) is 21.5. The molecule has 152 valence electrons. The fraction of sp³-hybridized carbons (Fsp3) is 0.0870. The molecule has 0 spiro atoms. The Balaban J connectivity index is 1.64. The van der Waals surface area contributed by atoms with Crippen LogP contribution in [-0.2, 0) is 4.79 Å². The predicted octanol–water partition coefficient (Wildman–Crippen LogP) is 4.21. The second-order valence-electron chi connectivity index (χ2n) is 6.49. The highest BCUT2D eigenvalue weighted by molar-refractivity contribution is 6.47. The summed E-state index contributed by atoms with van der Waals surface area (Å²) >= 11 is 5.82. The van der Waals surface area contributed by atoms with Crippen molar-refractivity contribution >= 4 is 34.8 Å². The molecule has 0 saturated heterocycles. The molecule has 3 aromatic carbocycles. The van der Waals surface area contributed by atoms with Crippen LogP contribution < -0.4 is 15.9 Å². The summed E-state index contributed by atoms with van der Waals surface area (Å²) in [6.45, 7) is 2.00. The van der Waals surface area contributed by atoms with E-state index >= 15 is 0 Å². The van der Waals surface area contributed by atoms with E-state index in [1.807, 2.05) is 31.2 Å². The molecular formula is C23H20ClN3O3. The number of benzene rings is 3. The molecule has 0 bridgehead atoms. The third-order valence-corrected chi connectivity index (χ3v) is 4.65. The largest absolute Gasteiger partial charge is 0.423 e. The quantitative estimate of drug-likeness (QED) is 0.196. The van der Waals surface area contributed by atoms with Crippen LogP contribution in [0.15, 0.2) is 77.9 Å². The van der Waals surface area contributed by atoms with Gasteiger partial charge in [-0.3, -0.25) is 4.79 Å². The third kappa shape index (κ3) is 5.24. The SMILES string of the molecule is Cc1ccccc1NCC(=O)/C(=N/N)c1ccc(OC(=O)c2ccc(Cl)cc2)cc1.